The molecule has 0 aliphatic heterocycles. The van der Waals surface area contributed by atoms with Crippen LogP contribution in [0.5, 0.6) is 0 Å². The minimum atomic E-state index is 0.950. The minimum Gasteiger partial charge on any atom is -0.291 e. The topological polar surface area (TPSA) is 30.2 Å². The molecule has 2 aromatic carbocycles. The van der Waals surface area contributed by atoms with Crippen LogP contribution in [0.15, 0.2) is 79.1 Å². The summed E-state index contributed by atoms with van der Waals surface area (Å²) in [5.41, 5.74) is 6.46. The van der Waals surface area contributed by atoms with Crippen molar-refractivity contribution in [3.05, 3.63) is 79.1 Å². The first-order valence-corrected chi connectivity index (χ1v) is 7.61. The second-order valence-corrected chi connectivity index (χ2v) is 5.61. The van der Waals surface area contributed by atoms with Crippen molar-refractivity contribution in [3.8, 4) is 11.1 Å². The summed E-state index contributed by atoms with van der Waals surface area (Å²) < 4.78 is 2.18. The zero-order valence-corrected chi connectivity index (χ0v) is 12.3. The summed E-state index contributed by atoms with van der Waals surface area (Å²) in [5, 5.41) is 1.18. The Hall–Kier alpha value is -3.20. The second kappa shape index (κ2) is 4.65. The molecule has 3 nitrogen and oxygen atoms in total. The lowest BCUT2D eigenvalue weighted by Crippen LogP contribution is -1.91. The van der Waals surface area contributed by atoms with E-state index in [2.05, 4.69) is 51.8 Å². The quantitative estimate of drug-likeness (QED) is 0.448. The van der Waals surface area contributed by atoms with Crippen LogP contribution in [-0.4, -0.2) is 14.4 Å². The molecule has 0 aliphatic rings. The number of aromatic nitrogens is 3. The van der Waals surface area contributed by atoms with Crippen molar-refractivity contribution in [1.29, 1.82) is 0 Å². The fraction of sp³-hybridized carbons (Fsp3) is 0. The highest BCUT2D eigenvalue weighted by molar-refractivity contribution is 5.98. The van der Waals surface area contributed by atoms with E-state index in [-0.39, 0.29) is 0 Å². The Morgan fingerprint density at radius 1 is 0.696 bits per heavy atom. The van der Waals surface area contributed by atoms with E-state index in [1.807, 2.05) is 36.7 Å². The number of para-hydroxylation sites is 2. The zero-order chi connectivity index (χ0) is 15.2. The van der Waals surface area contributed by atoms with Crippen LogP contribution >= 0.6 is 0 Å². The number of hydrogen-bond acceptors (Lipinski definition) is 2. The molecule has 3 aromatic heterocycles. The van der Waals surface area contributed by atoms with E-state index in [0.29, 0.717) is 0 Å². The molecular formula is C20H13N3. The minimum absolute atomic E-state index is 0.950. The third kappa shape index (κ3) is 1.77. The first-order chi connectivity index (χ1) is 11.4. The normalized spacial score (nSPS) is 11.5. The third-order valence-electron chi connectivity index (χ3n) is 4.28. The van der Waals surface area contributed by atoms with Crippen molar-refractivity contribution in [2.75, 3.05) is 0 Å². The SMILES string of the molecule is c1ccc(-c2cncc3c2ccc2nc4ccccc4n23)cc1. The van der Waals surface area contributed by atoms with E-state index >= 15 is 0 Å². The standard InChI is InChI=1S/C20H13N3/c1-2-6-14(7-3-1)16-12-21-13-19-15(16)10-11-20-22-17-8-4-5-9-18(17)23(19)20/h1-13H. The van der Waals surface area contributed by atoms with E-state index in [4.69, 9.17) is 4.98 Å². The lowest BCUT2D eigenvalue weighted by molar-refractivity contribution is 1.26. The monoisotopic (exact) mass is 295 g/mol. The smallest absolute Gasteiger partial charge is 0.138 e. The van der Waals surface area contributed by atoms with E-state index in [9.17, 15) is 0 Å². The van der Waals surface area contributed by atoms with Gasteiger partial charge in [-0.3, -0.25) is 9.38 Å². The number of nitrogens with zero attached hydrogens (tertiary/aromatic N) is 3. The number of imidazole rings is 1. The lowest BCUT2D eigenvalue weighted by atomic mass is 10.0. The average molecular weight is 295 g/mol. The lowest BCUT2D eigenvalue weighted by Gasteiger charge is -2.08. The van der Waals surface area contributed by atoms with Crippen LogP contribution in [0.3, 0.4) is 0 Å². The van der Waals surface area contributed by atoms with Gasteiger partial charge in [0.15, 0.2) is 0 Å². The van der Waals surface area contributed by atoms with Crippen molar-refractivity contribution in [2.24, 2.45) is 0 Å². The largest absolute Gasteiger partial charge is 0.291 e. The van der Waals surface area contributed by atoms with Gasteiger partial charge in [-0.25, -0.2) is 4.98 Å². The summed E-state index contributed by atoms with van der Waals surface area (Å²) in [6.45, 7) is 0. The Bertz CT molecular complexity index is 1160. The highest BCUT2D eigenvalue weighted by Gasteiger charge is 2.10. The van der Waals surface area contributed by atoms with Gasteiger partial charge >= 0.3 is 0 Å². The molecule has 0 amide bonds. The second-order valence-electron chi connectivity index (χ2n) is 5.61. The van der Waals surface area contributed by atoms with Gasteiger partial charge in [0.2, 0.25) is 0 Å². The van der Waals surface area contributed by atoms with Crippen LogP contribution in [0.25, 0.3) is 38.7 Å². The number of rotatable bonds is 1. The molecule has 0 spiro atoms. The van der Waals surface area contributed by atoms with Crippen LogP contribution in [0.1, 0.15) is 0 Å². The number of fused-ring (bicyclic) bond motifs is 5. The van der Waals surface area contributed by atoms with E-state index in [1.54, 1.807) is 0 Å². The third-order valence-corrected chi connectivity index (χ3v) is 4.28. The molecule has 5 rings (SSSR count). The fourth-order valence-electron chi connectivity index (χ4n) is 3.23. The van der Waals surface area contributed by atoms with Crippen molar-refractivity contribution in [1.82, 2.24) is 14.4 Å². The summed E-state index contributed by atoms with van der Waals surface area (Å²) >= 11 is 0. The predicted molar refractivity (Wildman–Crippen MR) is 93.4 cm³/mol. The maximum absolute atomic E-state index is 4.70. The summed E-state index contributed by atoms with van der Waals surface area (Å²) in [7, 11) is 0. The summed E-state index contributed by atoms with van der Waals surface area (Å²) in [6.07, 6.45) is 3.85. The first-order valence-electron chi connectivity index (χ1n) is 7.61. The van der Waals surface area contributed by atoms with Crippen LogP contribution in [0.2, 0.25) is 0 Å². The molecule has 3 heteroatoms. The Labute approximate surface area is 132 Å². The van der Waals surface area contributed by atoms with Crippen molar-refractivity contribution >= 4 is 27.6 Å². The molecule has 0 aliphatic carbocycles. The van der Waals surface area contributed by atoms with Gasteiger partial charge < -0.3 is 0 Å². The maximum atomic E-state index is 4.70. The van der Waals surface area contributed by atoms with Crippen molar-refractivity contribution < 1.29 is 0 Å². The predicted octanol–water partition coefficient (Wildman–Crippen LogP) is 4.70. The van der Waals surface area contributed by atoms with Crippen molar-refractivity contribution in [3.63, 3.8) is 0 Å². The molecule has 108 valence electrons. The highest BCUT2D eigenvalue weighted by atomic mass is 15.0. The molecule has 0 saturated carbocycles. The number of benzene rings is 2. The van der Waals surface area contributed by atoms with E-state index in [1.165, 1.54) is 10.9 Å². The molecule has 23 heavy (non-hydrogen) atoms. The van der Waals surface area contributed by atoms with E-state index in [0.717, 1.165) is 27.8 Å². The molecule has 3 heterocycles. The molecule has 5 aromatic rings. The first kappa shape index (κ1) is 12.4. The molecule has 0 N–H and O–H groups in total. The van der Waals surface area contributed by atoms with Gasteiger partial charge in [0.1, 0.15) is 5.65 Å². The molecule has 0 bridgehead atoms. The average Bonchev–Trinajstić information content (AvgIpc) is 3.01. The Morgan fingerprint density at radius 3 is 2.43 bits per heavy atom. The Kier molecular flexibility index (Phi) is 2.50. The maximum Gasteiger partial charge on any atom is 0.138 e. The van der Waals surface area contributed by atoms with Gasteiger partial charge in [-0.15, -0.1) is 0 Å². The fourth-order valence-corrected chi connectivity index (χ4v) is 3.23. The molecular weight excluding hydrogens is 282 g/mol. The summed E-state index contributed by atoms with van der Waals surface area (Å²) in [4.78, 5) is 9.18. The summed E-state index contributed by atoms with van der Waals surface area (Å²) in [6, 6.07) is 22.8. The molecule has 0 atom stereocenters. The van der Waals surface area contributed by atoms with Gasteiger partial charge in [-0.2, -0.15) is 0 Å². The van der Waals surface area contributed by atoms with Crippen LogP contribution in [0, 0.1) is 0 Å². The van der Waals surface area contributed by atoms with Crippen LogP contribution < -0.4 is 0 Å². The van der Waals surface area contributed by atoms with Gasteiger partial charge in [-0.1, -0.05) is 42.5 Å². The number of pyridine rings is 2. The van der Waals surface area contributed by atoms with E-state index < -0.39 is 0 Å². The van der Waals surface area contributed by atoms with Crippen LogP contribution in [0.4, 0.5) is 0 Å². The highest BCUT2D eigenvalue weighted by Crippen LogP contribution is 2.30. The molecule has 0 saturated heterocycles. The van der Waals surface area contributed by atoms with Crippen LogP contribution in [-0.2, 0) is 0 Å². The van der Waals surface area contributed by atoms with Gasteiger partial charge in [0.25, 0.3) is 0 Å². The number of hydrogen-bond donors (Lipinski definition) is 0. The summed E-state index contributed by atoms with van der Waals surface area (Å²) in [5.74, 6) is 0. The molecule has 0 fully saturated rings. The Morgan fingerprint density at radius 2 is 1.52 bits per heavy atom. The molecule has 0 unspecified atom stereocenters. The molecule has 0 radical (unpaired) electrons. The van der Waals surface area contributed by atoms with Gasteiger partial charge in [0, 0.05) is 17.1 Å². The van der Waals surface area contributed by atoms with Crippen molar-refractivity contribution in [2.45, 2.75) is 0 Å². The van der Waals surface area contributed by atoms with Gasteiger partial charge in [0.05, 0.1) is 22.7 Å². The zero-order valence-electron chi connectivity index (χ0n) is 12.3. The Balaban J connectivity index is 1.96. The van der Waals surface area contributed by atoms with Gasteiger partial charge in [-0.05, 0) is 29.8 Å².